The number of benzene rings is 1. The van der Waals surface area contributed by atoms with Gasteiger partial charge in [-0.1, -0.05) is 41.9 Å². The zero-order valence-corrected chi connectivity index (χ0v) is 11.9. The van der Waals surface area contributed by atoms with Gasteiger partial charge in [-0.05, 0) is 17.7 Å². The van der Waals surface area contributed by atoms with E-state index in [1.807, 2.05) is 43.0 Å². The van der Waals surface area contributed by atoms with Crippen LogP contribution >= 0.6 is 15.9 Å². The predicted octanol–water partition coefficient (Wildman–Crippen LogP) is 2.39. The lowest BCUT2D eigenvalue weighted by Gasteiger charge is -2.24. The Morgan fingerprint density at radius 1 is 1.35 bits per heavy atom. The minimum absolute atomic E-state index is 0.0111. The molecule has 0 atom stereocenters. The second kappa shape index (κ2) is 6.77. The van der Waals surface area contributed by atoms with Gasteiger partial charge in [0.2, 0.25) is 5.91 Å². The van der Waals surface area contributed by atoms with E-state index < -0.39 is 0 Å². The van der Waals surface area contributed by atoms with Gasteiger partial charge in [-0.2, -0.15) is 0 Å². The number of carbonyl (C=O) groups is 1. The fourth-order valence-electron chi connectivity index (χ4n) is 1.60. The minimum atomic E-state index is 0.0111. The Balaban J connectivity index is 2.72. The molecule has 0 aliphatic heterocycles. The van der Waals surface area contributed by atoms with Crippen molar-refractivity contribution >= 4 is 21.8 Å². The van der Waals surface area contributed by atoms with Gasteiger partial charge in [0.05, 0.1) is 0 Å². The lowest BCUT2D eigenvalue weighted by Crippen LogP contribution is -2.37. The third-order valence-electron chi connectivity index (χ3n) is 2.49. The van der Waals surface area contributed by atoms with Gasteiger partial charge in [0.15, 0.2) is 0 Å². The van der Waals surface area contributed by atoms with Crippen LogP contribution in [0.2, 0.25) is 0 Å². The molecule has 0 bridgehead atoms. The zero-order valence-electron chi connectivity index (χ0n) is 10.3. The van der Waals surface area contributed by atoms with Crippen molar-refractivity contribution in [2.24, 2.45) is 11.7 Å². The smallest absolute Gasteiger partial charge is 0.225 e. The van der Waals surface area contributed by atoms with Crippen LogP contribution in [0.4, 0.5) is 0 Å². The molecule has 2 N–H and O–H groups in total. The Bertz CT molecular complexity index is 362. The third kappa shape index (κ3) is 4.48. The van der Waals surface area contributed by atoms with Gasteiger partial charge in [-0.15, -0.1) is 0 Å². The quantitative estimate of drug-likeness (QED) is 0.907. The molecule has 0 aliphatic carbocycles. The molecule has 1 aromatic rings. The van der Waals surface area contributed by atoms with E-state index in [1.165, 1.54) is 0 Å². The van der Waals surface area contributed by atoms with Crippen LogP contribution < -0.4 is 5.73 Å². The Labute approximate surface area is 111 Å². The SMILES string of the molecule is CC(C)C(=O)N(CCN)Cc1ccc(Br)cc1. The molecule has 0 aromatic heterocycles. The largest absolute Gasteiger partial charge is 0.337 e. The number of halogens is 1. The Hall–Kier alpha value is -0.870. The molecule has 1 amide bonds. The summed E-state index contributed by atoms with van der Waals surface area (Å²) >= 11 is 3.39. The van der Waals surface area contributed by atoms with Gasteiger partial charge >= 0.3 is 0 Å². The Morgan fingerprint density at radius 2 is 1.94 bits per heavy atom. The maximum atomic E-state index is 12.0. The van der Waals surface area contributed by atoms with Crippen molar-refractivity contribution in [3.63, 3.8) is 0 Å². The molecule has 0 aliphatic rings. The second-order valence-electron chi connectivity index (χ2n) is 4.33. The van der Waals surface area contributed by atoms with E-state index in [0.717, 1.165) is 10.0 Å². The first-order valence-corrected chi connectivity index (χ1v) is 6.57. The second-order valence-corrected chi connectivity index (χ2v) is 5.25. The lowest BCUT2D eigenvalue weighted by atomic mass is 10.1. The summed E-state index contributed by atoms with van der Waals surface area (Å²) in [5.41, 5.74) is 6.66. The first kappa shape index (κ1) is 14.2. The summed E-state index contributed by atoms with van der Waals surface area (Å²) in [6.07, 6.45) is 0. The highest BCUT2D eigenvalue weighted by Crippen LogP contribution is 2.13. The van der Waals surface area contributed by atoms with Crippen LogP contribution in [0.1, 0.15) is 19.4 Å². The first-order valence-electron chi connectivity index (χ1n) is 5.78. The number of hydrogen-bond donors (Lipinski definition) is 1. The molecule has 0 saturated carbocycles. The zero-order chi connectivity index (χ0) is 12.8. The van der Waals surface area contributed by atoms with E-state index in [2.05, 4.69) is 15.9 Å². The van der Waals surface area contributed by atoms with E-state index >= 15 is 0 Å². The van der Waals surface area contributed by atoms with E-state index in [-0.39, 0.29) is 11.8 Å². The molecule has 0 saturated heterocycles. The van der Waals surface area contributed by atoms with Crippen LogP contribution in [0.5, 0.6) is 0 Å². The summed E-state index contributed by atoms with van der Waals surface area (Å²) in [5.74, 6) is 0.162. The van der Waals surface area contributed by atoms with Crippen LogP contribution in [0.25, 0.3) is 0 Å². The molecule has 0 heterocycles. The first-order chi connectivity index (χ1) is 8.04. The van der Waals surface area contributed by atoms with Gasteiger partial charge in [-0.25, -0.2) is 0 Å². The molecular formula is C13H19BrN2O. The van der Waals surface area contributed by atoms with Crippen LogP contribution in [0, 0.1) is 5.92 Å². The van der Waals surface area contributed by atoms with Crippen molar-refractivity contribution in [1.82, 2.24) is 4.90 Å². The fourth-order valence-corrected chi connectivity index (χ4v) is 1.86. The average Bonchev–Trinajstić information content (AvgIpc) is 2.30. The number of hydrogen-bond acceptors (Lipinski definition) is 2. The average molecular weight is 299 g/mol. The monoisotopic (exact) mass is 298 g/mol. The van der Waals surface area contributed by atoms with Crippen molar-refractivity contribution in [2.75, 3.05) is 13.1 Å². The normalized spacial score (nSPS) is 10.6. The lowest BCUT2D eigenvalue weighted by molar-refractivity contribution is -0.134. The Morgan fingerprint density at radius 3 is 2.41 bits per heavy atom. The summed E-state index contributed by atoms with van der Waals surface area (Å²) < 4.78 is 1.04. The summed E-state index contributed by atoms with van der Waals surface area (Å²) in [6.45, 7) is 5.55. The van der Waals surface area contributed by atoms with E-state index in [9.17, 15) is 4.79 Å². The highest BCUT2D eigenvalue weighted by Gasteiger charge is 2.16. The third-order valence-corrected chi connectivity index (χ3v) is 3.02. The number of rotatable bonds is 5. The van der Waals surface area contributed by atoms with Crippen molar-refractivity contribution in [3.05, 3.63) is 34.3 Å². The van der Waals surface area contributed by atoms with Gasteiger partial charge in [0.1, 0.15) is 0 Å². The summed E-state index contributed by atoms with van der Waals surface area (Å²) in [6, 6.07) is 7.99. The molecule has 17 heavy (non-hydrogen) atoms. The highest BCUT2D eigenvalue weighted by molar-refractivity contribution is 9.10. The number of amides is 1. The maximum Gasteiger partial charge on any atom is 0.225 e. The topological polar surface area (TPSA) is 46.3 Å². The van der Waals surface area contributed by atoms with Crippen molar-refractivity contribution in [1.29, 1.82) is 0 Å². The van der Waals surface area contributed by atoms with Crippen LogP contribution in [-0.4, -0.2) is 23.9 Å². The van der Waals surface area contributed by atoms with Crippen molar-refractivity contribution in [3.8, 4) is 0 Å². The minimum Gasteiger partial charge on any atom is -0.337 e. The number of nitrogens with zero attached hydrogens (tertiary/aromatic N) is 1. The van der Waals surface area contributed by atoms with Crippen LogP contribution in [-0.2, 0) is 11.3 Å². The molecule has 4 heteroatoms. The molecule has 94 valence electrons. The Kier molecular flexibility index (Phi) is 5.65. The summed E-state index contributed by atoms with van der Waals surface area (Å²) in [7, 11) is 0. The van der Waals surface area contributed by atoms with Crippen molar-refractivity contribution in [2.45, 2.75) is 20.4 Å². The van der Waals surface area contributed by atoms with Crippen molar-refractivity contribution < 1.29 is 4.79 Å². The van der Waals surface area contributed by atoms with Gasteiger partial charge < -0.3 is 10.6 Å². The van der Waals surface area contributed by atoms with E-state index in [4.69, 9.17) is 5.73 Å². The van der Waals surface area contributed by atoms with Gasteiger partial charge in [0.25, 0.3) is 0 Å². The molecule has 1 rings (SSSR count). The van der Waals surface area contributed by atoms with Crippen LogP contribution in [0.15, 0.2) is 28.7 Å². The predicted molar refractivity (Wildman–Crippen MR) is 73.5 cm³/mol. The van der Waals surface area contributed by atoms with Crippen LogP contribution in [0.3, 0.4) is 0 Å². The molecule has 0 spiro atoms. The number of carbonyl (C=O) groups excluding carboxylic acids is 1. The molecule has 3 nitrogen and oxygen atoms in total. The number of nitrogens with two attached hydrogens (primary N) is 1. The summed E-state index contributed by atoms with van der Waals surface area (Å²) in [4.78, 5) is 13.8. The molecule has 0 unspecified atom stereocenters. The highest BCUT2D eigenvalue weighted by atomic mass is 79.9. The summed E-state index contributed by atoms with van der Waals surface area (Å²) in [5, 5.41) is 0. The maximum absolute atomic E-state index is 12.0. The molecule has 1 aromatic carbocycles. The fraction of sp³-hybridized carbons (Fsp3) is 0.462. The van der Waals surface area contributed by atoms with E-state index in [1.54, 1.807) is 0 Å². The van der Waals surface area contributed by atoms with E-state index in [0.29, 0.717) is 19.6 Å². The molecule has 0 radical (unpaired) electrons. The van der Waals surface area contributed by atoms with Gasteiger partial charge in [-0.3, -0.25) is 4.79 Å². The van der Waals surface area contributed by atoms with Gasteiger partial charge in [0, 0.05) is 30.0 Å². The molecule has 0 fully saturated rings. The standard InChI is InChI=1S/C13H19BrN2O/c1-10(2)13(17)16(8-7-15)9-11-3-5-12(14)6-4-11/h3-6,10H,7-9,15H2,1-2H3. The molecular weight excluding hydrogens is 280 g/mol.